The van der Waals surface area contributed by atoms with Gasteiger partial charge in [0.25, 0.3) is 0 Å². The quantitative estimate of drug-likeness (QED) is 0.937. The molecule has 0 bridgehead atoms. The molecule has 4 nitrogen and oxygen atoms in total. The number of nitrogens with one attached hydrogen (secondary N) is 1. The second kappa shape index (κ2) is 4.81. The second-order valence-corrected chi connectivity index (χ2v) is 7.48. The first-order chi connectivity index (χ1) is 8.33. The lowest BCUT2D eigenvalue weighted by Crippen LogP contribution is -2.24. The van der Waals surface area contributed by atoms with Crippen LogP contribution in [0.15, 0.2) is 18.2 Å². The van der Waals surface area contributed by atoms with Crippen LogP contribution < -0.4 is 5.32 Å². The molecule has 0 saturated carbocycles. The standard InChI is InChI=1S/C11H13FN2O2S2/c1-7(6-18(2,15)16)13-11-14-9-4-3-8(12)5-10(9)17-11/h3-5,7H,6H2,1-2H3,(H,13,14). The molecule has 7 heteroatoms. The summed E-state index contributed by atoms with van der Waals surface area (Å²) in [4.78, 5) is 4.27. The molecule has 0 aliphatic rings. The zero-order valence-corrected chi connectivity index (χ0v) is 11.6. The Kier molecular flexibility index (Phi) is 3.54. The molecule has 0 fully saturated rings. The van der Waals surface area contributed by atoms with Crippen molar-refractivity contribution in [2.75, 3.05) is 17.3 Å². The topological polar surface area (TPSA) is 59.1 Å². The molecule has 0 spiro atoms. The van der Waals surface area contributed by atoms with Crippen LogP contribution in [-0.2, 0) is 9.84 Å². The van der Waals surface area contributed by atoms with E-state index in [1.807, 2.05) is 0 Å². The first-order valence-electron chi connectivity index (χ1n) is 5.34. The van der Waals surface area contributed by atoms with Crippen molar-refractivity contribution >= 4 is 36.5 Å². The fraction of sp³-hybridized carbons (Fsp3) is 0.364. The van der Waals surface area contributed by atoms with Crippen LogP contribution in [0.1, 0.15) is 6.92 Å². The molecule has 1 heterocycles. The van der Waals surface area contributed by atoms with Crippen LogP contribution in [0.5, 0.6) is 0 Å². The molecule has 1 N–H and O–H groups in total. The predicted molar refractivity (Wildman–Crippen MR) is 72.4 cm³/mol. The molecule has 2 aromatic rings. The van der Waals surface area contributed by atoms with Crippen molar-refractivity contribution in [2.45, 2.75) is 13.0 Å². The highest BCUT2D eigenvalue weighted by Gasteiger charge is 2.12. The highest BCUT2D eigenvalue weighted by atomic mass is 32.2. The van der Waals surface area contributed by atoms with Crippen LogP contribution in [0.2, 0.25) is 0 Å². The fourth-order valence-corrected chi connectivity index (χ4v) is 3.66. The van der Waals surface area contributed by atoms with Gasteiger partial charge in [-0.05, 0) is 25.1 Å². The molecule has 2 rings (SSSR count). The van der Waals surface area contributed by atoms with Crippen molar-refractivity contribution in [2.24, 2.45) is 0 Å². The van der Waals surface area contributed by atoms with Crippen molar-refractivity contribution < 1.29 is 12.8 Å². The van der Waals surface area contributed by atoms with E-state index in [-0.39, 0.29) is 17.6 Å². The van der Waals surface area contributed by atoms with Crippen molar-refractivity contribution in [3.63, 3.8) is 0 Å². The van der Waals surface area contributed by atoms with E-state index in [9.17, 15) is 12.8 Å². The second-order valence-electron chi connectivity index (χ2n) is 4.27. The van der Waals surface area contributed by atoms with Crippen LogP contribution in [0.25, 0.3) is 10.2 Å². The Morgan fingerprint density at radius 1 is 1.50 bits per heavy atom. The van der Waals surface area contributed by atoms with Gasteiger partial charge in [-0.2, -0.15) is 0 Å². The van der Waals surface area contributed by atoms with Gasteiger partial charge in [-0.3, -0.25) is 0 Å². The molecule has 0 amide bonds. The summed E-state index contributed by atoms with van der Waals surface area (Å²) in [5.74, 6) is -0.265. The Hall–Kier alpha value is -1.21. The van der Waals surface area contributed by atoms with E-state index in [0.717, 1.165) is 4.70 Å². The summed E-state index contributed by atoms with van der Waals surface area (Å²) < 4.78 is 36.0. The highest BCUT2D eigenvalue weighted by Crippen LogP contribution is 2.26. The number of sulfone groups is 1. The third-order valence-corrected chi connectivity index (χ3v) is 4.33. The number of hydrogen-bond donors (Lipinski definition) is 1. The maximum absolute atomic E-state index is 13.0. The molecule has 0 aliphatic heterocycles. The molecule has 98 valence electrons. The van der Waals surface area contributed by atoms with Crippen LogP contribution in [-0.4, -0.2) is 31.5 Å². The maximum Gasteiger partial charge on any atom is 0.184 e. The molecule has 1 unspecified atom stereocenters. The molecule has 0 radical (unpaired) electrons. The number of anilines is 1. The molecule has 1 atom stereocenters. The van der Waals surface area contributed by atoms with Crippen molar-refractivity contribution in [3.05, 3.63) is 24.0 Å². The van der Waals surface area contributed by atoms with Crippen molar-refractivity contribution in [3.8, 4) is 0 Å². The van der Waals surface area contributed by atoms with Crippen LogP contribution >= 0.6 is 11.3 Å². The molecule has 1 aromatic heterocycles. The molecule has 1 aromatic carbocycles. The van der Waals surface area contributed by atoms with Gasteiger partial charge in [-0.25, -0.2) is 17.8 Å². The average Bonchev–Trinajstić information content (AvgIpc) is 2.55. The lowest BCUT2D eigenvalue weighted by molar-refractivity contribution is 0.598. The zero-order valence-electron chi connectivity index (χ0n) is 9.97. The highest BCUT2D eigenvalue weighted by molar-refractivity contribution is 7.90. The minimum absolute atomic E-state index is 0.0390. The number of thiazole rings is 1. The van der Waals surface area contributed by atoms with Crippen LogP contribution in [0.3, 0.4) is 0 Å². The third kappa shape index (κ3) is 3.39. The van der Waals surface area contributed by atoms with Crippen LogP contribution in [0.4, 0.5) is 9.52 Å². The molecule has 18 heavy (non-hydrogen) atoms. The predicted octanol–water partition coefficient (Wildman–Crippen LogP) is 2.28. The third-order valence-electron chi connectivity index (χ3n) is 2.27. The maximum atomic E-state index is 13.0. The van der Waals surface area contributed by atoms with Gasteiger partial charge in [0.2, 0.25) is 0 Å². The lowest BCUT2D eigenvalue weighted by atomic mass is 10.3. The number of nitrogens with zero attached hydrogens (tertiary/aromatic N) is 1. The summed E-state index contributed by atoms with van der Waals surface area (Å²) in [5.41, 5.74) is 0.704. The van der Waals surface area contributed by atoms with E-state index in [1.54, 1.807) is 13.0 Å². The van der Waals surface area contributed by atoms with Gasteiger partial charge in [0.05, 0.1) is 16.0 Å². The average molecular weight is 288 g/mol. The first-order valence-corrected chi connectivity index (χ1v) is 8.21. The summed E-state index contributed by atoms with van der Waals surface area (Å²) in [6, 6.07) is 4.14. The van der Waals surface area contributed by atoms with Gasteiger partial charge >= 0.3 is 0 Å². The Morgan fingerprint density at radius 3 is 2.89 bits per heavy atom. The van der Waals surface area contributed by atoms with E-state index in [4.69, 9.17) is 0 Å². The van der Waals surface area contributed by atoms with E-state index < -0.39 is 9.84 Å². The van der Waals surface area contributed by atoms with Gasteiger partial charge in [-0.1, -0.05) is 11.3 Å². The number of benzene rings is 1. The largest absolute Gasteiger partial charge is 0.358 e. The van der Waals surface area contributed by atoms with Gasteiger partial charge in [0, 0.05) is 12.3 Å². The van der Waals surface area contributed by atoms with Gasteiger partial charge in [0.15, 0.2) is 5.13 Å². The summed E-state index contributed by atoms with van der Waals surface area (Å²) in [7, 11) is -3.03. The minimum Gasteiger partial charge on any atom is -0.358 e. The zero-order chi connectivity index (χ0) is 13.3. The molecule has 0 aliphatic carbocycles. The number of aromatic nitrogens is 1. The first kappa shape index (κ1) is 13.2. The normalized spacial score (nSPS) is 13.7. The summed E-state index contributed by atoms with van der Waals surface area (Å²) in [5, 5.41) is 3.62. The summed E-state index contributed by atoms with van der Waals surface area (Å²) in [6.07, 6.45) is 1.19. The van der Waals surface area contributed by atoms with E-state index >= 15 is 0 Å². The molecular weight excluding hydrogens is 275 g/mol. The van der Waals surface area contributed by atoms with Crippen molar-refractivity contribution in [1.29, 1.82) is 0 Å². The number of hydrogen-bond acceptors (Lipinski definition) is 5. The van der Waals surface area contributed by atoms with Gasteiger partial charge in [0.1, 0.15) is 15.7 Å². The van der Waals surface area contributed by atoms with Crippen LogP contribution in [0, 0.1) is 5.82 Å². The number of halogens is 1. The van der Waals surface area contributed by atoms with E-state index in [1.165, 1.54) is 29.7 Å². The van der Waals surface area contributed by atoms with Gasteiger partial charge in [-0.15, -0.1) is 0 Å². The number of fused-ring (bicyclic) bond motifs is 1. The Morgan fingerprint density at radius 2 is 2.22 bits per heavy atom. The smallest absolute Gasteiger partial charge is 0.184 e. The molecular formula is C11H13FN2O2S2. The lowest BCUT2D eigenvalue weighted by Gasteiger charge is -2.10. The van der Waals surface area contributed by atoms with E-state index in [2.05, 4.69) is 10.3 Å². The Labute approximate surface area is 109 Å². The fourth-order valence-electron chi connectivity index (χ4n) is 1.67. The molecule has 0 saturated heterocycles. The number of rotatable bonds is 4. The van der Waals surface area contributed by atoms with E-state index in [0.29, 0.717) is 10.6 Å². The summed E-state index contributed by atoms with van der Waals surface area (Å²) >= 11 is 1.31. The monoisotopic (exact) mass is 288 g/mol. The Bertz CT molecular complexity index is 667. The van der Waals surface area contributed by atoms with Crippen molar-refractivity contribution in [1.82, 2.24) is 4.98 Å². The van der Waals surface area contributed by atoms with Gasteiger partial charge < -0.3 is 5.32 Å². The SMILES string of the molecule is CC(CS(C)(=O)=O)Nc1nc2ccc(F)cc2s1. The minimum atomic E-state index is -3.03. The Balaban J connectivity index is 2.17. The summed E-state index contributed by atoms with van der Waals surface area (Å²) in [6.45, 7) is 1.77.